The maximum atomic E-state index is 13.4. The van der Waals surface area contributed by atoms with Crippen molar-refractivity contribution in [1.82, 2.24) is 0 Å². The highest BCUT2D eigenvalue weighted by molar-refractivity contribution is 8.13. The second kappa shape index (κ2) is 10.1. The monoisotopic (exact) mass is 568 g/mol. The predicted molar refractivity (Wildman–Crippen MR) is 128 cm³/mol. The number of hydrogen-bond donors (Lipinski definition) is 0. The average Bonchev–Trinajstić information content (AvgIpc) is 2.82. The molecule has 0 N–H and O–H groups in total. The number of benzene rings is 3. The number of alkyl halides is 6. The lowest BCUT2D eigenvalue weighted by Gasteiger charge is -2.35. The summed E-state index contributed by atoms with van der Waals surface area (Å²) in [7, 11) is -16.8. The van der Waals surface area contributed by atoms with E-state index >= 15 is 0 Å². The lowest BCUT2D eigenvalue weighted by Crippen LogP contribution is -2.41. The molecule has 0 saturated heterocycles. The molecule has 3 rings (SSSR count). The Balaban J connectivity index is 2.29. The fourth-order valence-corrected chi connectivity index (χ4v) is 11.4. The number of rotatable bonds is 8. The Kier molecular flexibility index (Phi) is 7.93. The first-order chi connectivity index (χ1) is 16.7. The van der Waals surface area contributed by atoms with Gasteiger partial charge in [-0.15, -0.1) is 6.42 Å². The van der Waals surface area contributed by atoms with Crippen molar-refractivity contribution in [2.45, 2.75) is 17.4 Å². The molecule has 0 aliphatic rings. The van der Waals surface area contributed by atoms with E-state index in [0.717, 1.165) is 0 Å². The van der Waals surface area contributed by atoms with Gasteiger partial charge in [0.05, 0.1) is 0 Å². The highest BCUT2D eigenvalue weighted by Crippen LogP contribution is 2.57. The molecule has 3 aromatic rings. The van der Waals surface area contributed by atoms with Crippen LogP contribution in [0.3, 0.4) is 0 Å². The van der Waals surface area contributed by atoms with Crippen LogP contribution in [0, 0.1) is 4.58 Å². The van der Waals surface area contributed by atoms with Gasteiger partial charge in [0.2, 0.25) is 0 Å². The van der Waals surface area contributed by atoms with Gasteiger partial charge in [0.25, 0.3) is 0 Å². The van der Waals surface area contributed by atoms with Crippen LogP contribution in [0.2, 0.25) is 0 Å². The lowest BCUT2D eigenvalue weighted by molar-refractivity contribution is -0.0455. The molecule has 0 spiro atoms. The summed E-state index contributed by atoms with van der Waals surface area (Å²) in [4.78, 5) is 0. The van der Waals surface area contributed by atoms with E-state index in [4.69, 9.17) is 0 Å². The van der Waals surface area contributed by atoms with Crippen molar-refractivity contribution in [1.29, 1.82) is 0 Å². The maximum absolute atomic E-state index is 13.4. The molecule has 0 aromatic heterocycles. The van der Waals surface area contributed by atoms with Crippen LogP contribution in [0.4, 0.5) is 26.3 Å². The van der Waals surface area contributed by atoms with E-state index in [2.05, 4.69) is 0 Å². The quantitative estimate of drug-likeness (QED) is 0.224. The van der Waals surface area contributed by atoms with Crippen LogP contribution in [0.25, 0.3) is 0 Å². The van der Waals surface area contributed by atoms with E-state index in [1.165, 1.54) is 0 Å². The minimum Gasteiger partial charge on any atom is -0.252 e. The Bertz CT molecular complexity index is 1240. The van der Waals surface area contributed by atoms with Crippen LogP contribution in [-0.4, -0.2) is 34.0 Å². The third-order valence-corrected chi connectivity index (χ3v) is 14.0. The van der Waals surface area contributed by atoms with Crippen LogP contribution < -0.4 is 15.9 Å². The minimum absolute atomic E-state index is 0.524. The molecule has 194 valence electrons. The van der Waals surface area contributed by atoms with Crippen LogP contribution in [0.15, 0.2) is 91.0 Å². The fourth-order valence-electron chi connectivity index (χ4n) is 3.81. The molecule has 0 amide bonds. The van der Waals surface area contributed by atoms with Crippen molar-refractivity contribution in [2.75, 3.05) is 6.16 Å². The van der Waals surface area contributed by atoms with Gasteiger partial charge >= 0.3 is 11.0 Å². The first kappa shape index (κ1) is 28.1. The third-order valence-electron chi connectivity index (χ3n) is 5.45. The van der Waals surface area contributed by atoms with E-state index in [9.17, 15) is 43.2 Å². The Morgan fingerprint density at radius 3 is 1.08 bits per heavy atom. The number of hydrogen-bond acceptors (Lipinski definition) is 4. The fraction of sp³-hybridized carbons (Fsp3) is 0.174. The normalized spacial score (nSPS) is 13.6. The molecular formula is C23H19F6O4PS2. The Labute approximate surface area is 205 Å². The van der Waals surface area contributed by atoms with Crippen molar-refractivity contribution in [3.05, 3.63) is 95.6 Å². The second-order valence-corrected chi connectivity index (χ2v) is 15.4. The average molecular weight is 568 g/mol. The Morgan fingerprint density at radius 2 is 0.833 bits per heavy atom. The number of sulfone groups is 2. The van der Waals surface area contributed by atoms with Crippen LogP contribution in [0.5, 0.6) is 0 Å². The maximum Gasteiger partial charge on any atom is 0.469 e. The van der Waals surface area contributed by atoms with E-state index in [0.29, 0.717) is 15.9 Å². The van der Waals surface area contributed by atoms with Crippen LogP contribution in [-0.2, 0) is 19.7 Å². The van der Waals surface area contributed by atoms with Crippen LogP contribution in [0.1, 0.15) is 6.42 Å². The van der Waals surface area contributed by atoms with Gasteiger partial charge in [0, 0.05) is 6.16 Å². The van der Waals surface area contributed by atoms with E-state index in [-0.39, 0.29) is 0 Å². The first-order valence-corrected chi connectivity index (χ1v) is 15.1. The predicted octanol–water partition coefficient (Wildman–Crippen LogP) is 4.73. The summed E-state index contributed by atoms with van der Waals surface area (Å²) in [6.07, 6.45) is -2.12. The molecule has 4 nitrogen and oxygen atoms in total. The molecule has 0 heterocycles. The van der Waals surface area contributed by atoms with Gasteiger partial charge < -0.3 is 0 Å². The Hall–Kier alpha value is -2.43. The third kappa shape index (κ3) is 5.17. The molecule has 0 atom stereocenters. The van der Waals surface area contributed by atoms with Crippen molar-refractivity contribution in [2.24, 2.45) is 0 Å². The van der Waals surface area contributed by atoms with Crippen molar-refractivity contribution >= 4 is 42.9 Å². The van der Waals surface area contributed by atoms with Gasteiger partial charge in [0.15, 0.2) is 0 Å². The molecule has 0 aliphatic carbocycles. The summed E-state index contributed by atoms with van der Waals surface area (Å²) in [6.45, 7) is 0. The van der Waals surface area contributed by atoms with Gasteiger partial charge in [-0.3, -0.25) is 16.8 Å². The first-order valence-electron chi connectivity index (χ1n) is 10.2. The van der Waals surface area contributed by atoms with Crippen molar-refractivity contribution in [3.63, 3.8) is 0 Å². The summed E-state index contributed by atoms with van der Waals surface area (Å²) in [5, 5.41) is 1.57. The molecular weight excluding hydrogens is 549 g/mol. The zero-order chi connectivity index (χ0) is 26.8. The summed E-state index contributed by atoms with van der Waals surface area (Å²) in [6, 6.07) is 24.5. The zero-order valence-electron chi connectivity index (χ0n) is 18.2. The Morgan fingerprint density at radius 1 is 0.556 bits per heavy atom. The van der Waals surface area contributed by atoms with Gasteiger partial charge in [-0.25, -0.2) is 0 Å². The van der Waals surface area contributed by atoms with Crippen molar-refractivity contribution in [3.8, 4) is 0 Å². The van der Waals surface area contributed by atoms with Gasteiger partial charge in [-0.05, 0) is 36.4 Å². The molecule has 13 heteroatoms. The largest absolute Gasteiger partial charge is 0.469 e. The van der Waals surface area contributed by atoms with Crippen molar-refractivity contribution < 1.29 is 43.2 Å². The summed E-state index contributed by atoms with van der Waals surface area (Å²) in [5.74, 6) is 0. The summed E-state index contributed by atoms with van der Waals surface area (Å²) >= 11 is 0. The molecule has 0 aliphatic heterocycles. The highest BCUT2D eigenvalue weighted by atomic mass is 32.3. The van der Waals surface area contributed by atoms with Gasteiger partial charge in [0.1, 0.15) is 42.9 Å². The molecule has 0 unspecified atom stereocenters. The molecule has 0 radical (unpaired) electrons. The second-order valence-electron chi connectivity index (χ2n) is 7.56. The smallest absolute Gasteiger partial charge is 0.252 e. The SMILES string of the molecule is O=S(=O)([C-](CC[P+](c1ccccc1)(c1ccccc1)c1ccccc1)S(=O)(=O)C(F)(F)F)C(F)(F)F. The minimum atomic E-state index is -6.82. The standard InChI is InChI=1S/C23H19F6O4PS2/c24-22(25,26)35(30,31)21(36(32,33)23(27,28)29)16-17-34(18-10-4-1-5-11-18,19-12-6-2-7-13-19)20-14-8-3-9-15-20/h1-15H,16-17H2. The van der Waals surface area contributed by atoms with E-state index in [1.807, 2.05) is 0 Å². The van der Waals surface area contributed by atoms with Gasteiger partial charge in [-0.1, -0.05) is 59.2 Å². The highest BCUT2D eigenvalue weighted by Gasteiger charge is 2.55. The summed E-state index contributed by atoms with van der Waals surface area (Å²) < 4.78 is 126. The van der Waals surface area contributed by atoms with E-state index < -0.39 is 55.1 Å². The molecule has 36 heavy (non-hydrogen) atoms. The molecule has 0 saturated carbocycles. The molecule has 0 fully saturated rings. The summed E-state index contributed by atoms with van der Waals surface area (Å²) in [5.41, 5.74) is -12.5. The van der Waals surface area contributed by atoms with E-state index in [1.54, 1.807) is 91.0 Å². The molecule has 3 aromatic carbocycles. The topological polar surface area (TPSA) is 68.3 Å². The zero-order valence-corrected chi connectivity index (χ0v) is 20.8. The number of halogens is 6. The van der Waals surface area contributed by atoms with Crippen LogP contribution >= 0.6 is 7.26 Å². The molecule has 0 bridgehead atoms. The van der Waals surface area contributed by atoms with Gasteiger partial charge in [-0.2, -0.15) is 26.3 Å². The lowest BCUT2D eigenvalue weighted by atomic mass is 10.4.